The highest BCUT2D eigenvalue weighted by Crippen LogP contribution is 2.16. The van der Waals surface area contributed by atoms with Crippen LogP contribution in [0, 0.1) is 0 Å². The Morgan fingerprint density at radius 3 is 2.53 bits per heavy atom. The number of benzene rings is 2. The molecule has 4 amide bonds. The Morgan fingerprint density at radius 2 is 1.80 bits per heavy atom. The molecule has 0 radical (unpaired) electrons. The highest BCUT2D eigenvalue weighted by atomic mass is 16.5. The topological polar surface area (TPSA) is 117 Å². The number of para-hydroxylation sites is 1. The van der Waals surface area contributed by atoms with Crippen molar-refractivity contribution in [1.29, 1.82) is 0 Å². The molecule has 9 heteroatoms. The first-order chi connectivity index (χ1) is 14.5. The van der Waals surface area contributed by atoms with E-state index in [1.807, 2.05) is 6.07 Å². The number of urea groups is 1. The molecule has 0 aromatic heterocycles. The summed E-state index contributed by atoms with van der Waals surface area (Å²) in [5.74, 6) is -1.39. The molecule has 0 aliphatic carbocycles. The van der Waals surface area contributed by atoms with Crippen molar-refractivity contribution in [2.75, 3.05) is 30.8 Å². The number of rotatable bonds is 5. The Kier molecular flexibility index (Phi) is 6.63. The number of carbonyl (C=O) groups is 4. The number of nitrogens with zero attached hydrogens (tertiary/aromatic N) is 1. The molecule has 1 heterocycles. The number of amides is 4. The van der Waals surface area contributed by atoms with Crippen LogP contribution in [0.5, 0.6) is 0 Å². The zero-order valence-corrected chi connectivity index (χ0v) is 16.4. The zero-order valence-electron chi connectivity index (χ0n) is 16.4. The molecule has 0 unspecified atom stereocenters. The van der Waals surface area contributed by atoms with Gasteiger partial charge in [-0.3, -0.25) is 9.59 Å². The molecule has 156 valence electrons. The Hall–Kier alpha value is -3.88. The molecule has 0 saturated carbocycles. The van der Waals surface area contributed by atoms with Gasteiger partial charge in [0, 0.05) is 24.5 Å². The van der Waals surface area contributed by atoms with Gasteiger partial charge in [0.15, 0.2) is 0 Å². The lowest BCUT2D eigenvalue weighted by Crippen LogP contribution is -2.59. The number of esters is 1. The Labute approximate surface area is 173 Å². The fraction of sp³-hybridized carbons (Fsp3) is 0.238. The van der Waals surface area contributed by atoms with E-state index in [1.54, 1.807) is 42.5 Å². The first-order valence-electron chi connectivity index (χ1n) is 9.36. The average molecular weight is 410 g/mol. The third-order valence-corrected chi connectivity index (χ3v) is 4.56. The summed E-state index contributed by atoms with van der Waals surface area (Å²) >= 11 is 0. The average Bonchev–Trinajstić information content (AvgIpc) is 2.75. The van der Waals surface area contributed by atoms with Crippen molar-refractivity contribution in [3.05, 3.63) is 60.2 Å². The summed E-state index contributed by atoms with van der Waals surface area (Å²) in [6.45, 7) is 0.584. The molecule has 0 spiro atoms. The highest BCUT2D eigenvalue weighted by molar-refractivity contribution is 6.00. The number of nitrogens with one attached hydrogen (secondary N) is 3. The monoisotopic (exact) mass is 410 g/mol. The Balaban J connectivity index is 1.67. The summed E-state index contributed by atoms with van der Waals surface area (Å²) in [6, 6.07) is 13.7. The summed E-state index contributed by atoms with van der Waals surface area (Å²) in [4.78, 5) is 50.5. The minimum atomic E-state index is -0.953. The summed E-state index contributed by atoms with van der Waals surface area (Å²) in [6.07, 6.45) is -0.226. The molecule has 3 rings (SSSR count). The Morgan fingerprint density at radius 1 is 1.07 bits per heavy atom. The van der Waals surface area contributed by atoms with Crippen LogP contribution < -0.4 is 16.0 Å². The van der Waals surface area contributed by atoms with E-state index < -0.39 is 29.9 Å². The van der Waals surface area contributed by atoms with Crippen molar-refractivity contribution in [2.24, 2.45) is 0 Å². The van der Waals surface area contributed by atoms with E-state index in [4.69, 9.17) is 0 Å². The van der Waals surface area contributed by atoms with Crippen molar-refractivity contribution in [2.45, 2.75) is 12.5 Å². The second-order valence-corrected chi connectivity index (χ2v) is 6.62. The van der Waals surface area contributed by atoms with Crippen LogP contribution in [0.15, 0.2) is 54.6 Å². The minimum absolute atomic E-state index is 0.226. The molecule has 1 atom stereocenters. The number of carbonyl (C=O) groups excluding carboxylic acids is 4. The van der Waals surface area contributed by atoms with E-state index in [0.29, 0.717) is 17.9 Å². The van der Waals surface area contributed by atoms with Crippen LogP contribution in [0.25, 0.3) is 0 Å². The number of piperazine rings is 1. The summed E-state index contributed by atoms with van der Waals surface area (Å²) in [5.41, 5.74) is 1.27. The van der Waals surface area contributed by atoms with Gasteiger partial charge in [-0.05, 0) is 30.3 Å². The lowest BCUT2D eigenvalue weighted by atomic mass is 10.1. The van der Waals surface area contributed by atoms with Gasteiger partial charge in [0.25, 0.3) is 0 Å². The van der Waals surface area contributed by atoms with Crippen molar-refractivity contribution >= 4 is 35.2 Å². The number of anilines is 2. The molecule has 1 fully saturated rings. The van der Waals surface area contributed by atoms with Crippen molar-refractivity contribution < 1.29 is 23.9 Å². The minimum Gasteiger partial charge on any atom is -0.465 e. The lowest BCUT2D eigenvalue weighted by Gasteiger charge is -2.34. The summed E-state index contributed by atoms with van der Waals surface area (Å²) < 4.78 is 4.67. The third-order valence-electron chi connectivity index (χ3n) is 4.56. The van der Waals surface area contributed by atoms with E-state index in [1.165, 1.54) is 18.1 Å². The lowest BCUT2D eigenvalue weighted by molar-refractivity contribution is -0.130. The van der Waals surface area contributed by atoms with Gasteiger partial charge in [-0.1, -0.05) is 24.3 Å². The van der Waals surface area contributed by atoms with E-state index in [2.05, 4.69) is 20.7 Å². The van der Waals surface area contributed by atoms with Crippen LogP contribution in [-0.4, -0.2) is 55.0 Å². The van der Waals surface area contributed by atoms with Gasteiger partial charge in [-0.25, -0.2) is 9.59 Å². The molecule has 9 nitrogen and oxygen atoms in total. The van der Waals surface area contributed by atoms with Gasteiger partial charge >= 0.3 is 12.0 Å². The molecule has 3 N–H and O–H groups in total. The molecule has 1 aliphatic heterocycles. The number of hydrogen-bond acceptors (Lipinski definition) is 5. The number of methoxy groups -OCH3 is 1. The van der Waals surface area contributed by atoms with E-state index in [9.17, 15) is 19.2 Å². The first kappa shape index (κ1) is 20.8. The molecule has 0 bridgehead atoms. The molecular formula is C21H22N4O5. The van der Waals surface area contributed by atoms with Crippen LogP contribution in [0.3, 0.4) is 0 Å². The van der Waals surface area contributed by atoms with Crippen LogP contribution in [0.2, 0.25) is 0 Å². The van der Waals surface area contributed by atoms with Gasteiger partial charge in [0.1, 0.15) is 6.04 Å². The van der Waals surface area contributed by atoms with Crippen LogP contribution >= 0.6 is 0 Å². The first-order valence-corrected chi connectivity index (χ1v) is 9.36. The Bertz CT molecular complexity index is 947. The third kappa shape index (κ3) is 5.13. The maximum atomic E-state index is 12.7. The molecule has 1 aliphatic rings. The molecule has 1 saturated heterocycles. The largest absolute Gasteiger partial charge is 0.465 e. The molecule has 2 aromatic carbocycles. The van der Waals surface area contributed by atoms with Gasteiger partial charge in [0.2, 0.25) is 11.8 Å². The van der Waals surface area contributed by atoms with E-state index >= 15 is 0 Å². The summed E-state index contributed by atoms with van der Waals surface area (Å²) in [7, 11) is 1.27. The summed E-state index contributed by atoms with van der Waals surface area (Å²) in [5, 5.41) is 8.07. The highest BCUT2D eigenvalue weighted by Gasteiger charge is 2.34. The maximum Gasteiger partial charge on any atom is 0.337 e. The quantitative estimate of drug-likeness (QED) is 0.651. The van der Waals surface area contributed by atoms with Crippen molar-refractivity contribution in [3.8, 4) is 0 Å². The SMILES string of the molecule is COC(=O)c1cccc(NC(=O)C[C@H]2C(=O)NCCN2C(=O)Nc2ccccc2)c1. The van der Waals surface area contributed by atoms with Crippen LogP contribution in [-0.2, 0) is 14.3 Å². The van der Waals surface area contributed by atoms with Gasteiger partial charge < -0.3 is 25.6 Å². The number of hydrogen-bond donors (Lipinski definition) is 3. The van der Waals surface area contributed by atoms with Gasteiger partial charge in [0.05, 0.1) is 19.1 Å². The van der Waals surface area contributed by atoms with E-state index in [-0.39, 0.29) is 18.5 Å². The van der Waals surface area contributed by atoms with Gasteiger partial charge in [-0.2, -0.15) is 0 Å². The normalized spacial score (nSPS) is 15.7. The second-order valence-electron chi connectivity index (χ2n) is 6.62. The fourth-order valence-corrected chi connectivity index (χ4v) is 3.11. The maximum absolute atomic E-state index is 12.7. The number of ether oxygens (including phenoxy) is 1. The second kappa shape index (κ2) is 9.55. The molecule has 30 heavy (non-hydrogen) atoms. The molecular weight excluding hydrogens is 388 g/mol. The molecule has 2 aromatic rings. The zero-order chi connectivity index (χ0) is 21.5. The fourth-order valence-electron chi connectivity index (χ4n) is 3.11. The predicted octanol–water partition coefficient (Wildman–Crippen LogP) is 1.83. The van der Waals surface area contributed by atoms with Crippen molar-refractivity contribution in [3.63, 3.8) is 0 Å². The van der Waals surface area contributed by atoms with Gasteiger partial charge in [-0.15, -0.1) is 0 Å². The van der Waals surface area contributed by atoms with Crippen LogP contribution in [0.1, 0.15) is 16.8 Å². The standard InChI is InChI=1S/C21H22N4O5/c1-30-20(28)14-6-5-9-16(12-14)23-18(26)13-17-19(27)22-10-11-25(17)21(29)24-15-7-3-2-4-8-15/h2-9,12,17H,10-11,13H2,1H3,(H,22,27)(H,23,26)(H,24,29)/t17-/m0/s1. The smallest absolute Gasteiger partial charge is 0.337 e. The van der Waals surface area contributed by atoms with Crippen molar-refractivity contribution in [1.82, 2.24) is 10.2 Å². The van der Waals surface area contributed by atoms with E-state index in [0.717, 1.165) is 0 Å². The van der Waals surface area contributed by atoms with Crippen LogP contribution in [0.4, 0.5) is 16.2 Å². The predicted molar refractivity (Wildman–Crippen MR) is 110 cm³/mol.